The van der Waals surface area contributed by atoms with Gasteiger partial charge in [-0.05, 0) is 49.6 Å². The first-order valence-electron chi connectivity index (χ1n) is 10.9. The van der Waals surface area contributed by atoms with Crippen molar-refractivity contribution >= 4 is 11.8 Å². The van der Waals surface area contributed by atoms with Crippen LogP contribution >= 0.6 is 0 Å². The zero-order valence-electron chi connectivity index (χ0n) is 19.2. The van der Waals surface area contributed by atoms with Gasteiger partial charge in [0.15, 0.2) is 0 Å². The van der Waals surface area contributed by atoms with E-state index in [4.69, 9.17) is 0 Å². The fourth-order valence-corrected chi connectivity index (χ4v) is 2.84. The third-order valence-corrected chi connectivity index (χ3v) is 4.94. The number of halogens is 7. The van der Waals surface area contributed by atoms with Crippen LogP contribution in [0, 0.1) is 12.7 Å². The van der Waals surface area contributed by atoms with E-state index in [-0.39, 0.29) is 29.6 Å². The molecule has 1 fully saturated rings. The number of aromatic nitrogens is 1. The summed E-state index contributed by atoms with van der Waals surface area (Å²) in [5.74, 6) is -1.61. The third-order valence-electron chi connectivity index (χ3n) is 4.94. The van der Waals surface area contributed by atoms with E-state index in [1.807, 2.05) is 0 Å². The van der Waals surface area contributed by atoms with Gasteiger partial charge in [-0.1, -0.05) is 0 Å². The molecule has 0 atom stereocenters. The highest BCUT2D eigenvalue weighted by Crippen LogP contribution is 2.27. The molecular formula is C23H25F7N4O2. The van der Waals surface area contributed by atoms with Crippen LogP contribution in [0.25, 0.3) is 11.3 Å². The lowest BCUT2D eigenvalue weighted by atomic mass is 10.00. The lowest BCUT2D eigenvalue weighted by Crippen LogP contribution is -2.28. The molecule has 1 aromatic heterocycles. The number of hydrogen-bond acceptors (Lipinski definition) is 4. The third kappa shape index (κ3) is 9.80. The summed E-state index contributed by atoms with van der Waals surface area (Å²) in [5, 5.41) is 4.96. The summed E-state index contributed by atoms with van der Waals surface area (Å²) in [7, 11) is 0. The van der Waals surface area contributed by atoms with Crippen LogP contribution in [0.15, 0.2) is 30.5 Å². The maximum atomic E-state index is 14.3. The zero-order valence-corrected chi connectivity index (χ0v) is 19.2. The second-order valence-corrected chi connectivity index (χ2v) is 8.09. The monoisotopic (exact) mass is 522 g/mol. The molecule has 0 unspecified atom stereocenters. The Balaban J connectivity index is 0.000000572. The number of pyridine rings is 1. The quantitative estimate of drug-likeness (QED) is 0.461. The maximum Gasteiger partial charge on any atom is 0.390 e. The SMILES string of the molecule is Cc1c(F)cc(C(=O)NC2CC2)cc1-c1ccc(C(=O)NCCC(F)(F)F)cn1.NCCC(F)(F)F. The van der Waals surface area contributed by atoms with Crippen molar-refractivity contribution in [3.05, 3.63) is 53.0 Å². The van der Waals surface area contributed by atoms with Gasteiger partial charge in [0.25, 0.3) is 11.8 Å². The van der Waals surface area contributed by atoms with Gasteiger partial charge in [-0.3, -0.25) is 14.6 Å². The molecule has 0 spiro atoms. The van der Waals surface area contributed by atoms with Gasteiger partial charge >= 0.3 is 12.4 Å². The largest absolute Gasteiger partial charge is 0.390 e. The van der Waals surface area contributed by atoms with Crippen molar-refractivity contribution in [2.45, 2.75) is 51.0 Å². The molecule has 2 aromatic rings. The molecule has 1 saturated carbocycles. The summed E-state index contributed by atoms with van der Waals surface area (Å²) in [5.41, 5.74) is 5.88. The molecule has 6 nitrogen and oxygen atoms in total. The number of hydrogen-bond donors (Lipinski definition) is 3. The summed E-state index contributed by atoms with van der Waals surface area (Å²) < 4.78 is 83.7. The van der Waals surface area contributed by atoms with Crippen molar-refractivity contribution < 1.29 is 40.3 Å². The Bertz CT molecular complexity index is 1050. The molecule has 1 aliphatic carbocycles. The Morgan fingerprint density at radius 1 is 1.00 bits per heavy atom. The average molecular weight is 522 g/mol. The van der Waals surface area contributed by atoms with Gasteiger partial charge in [-0.25, -0.2) is 4.39 Å². The highest BCUT2D eigenvalue weighted by Gasteiger charge is 2.27. The van der Waals surface area contributed by atoms with E-state index in [0.717, 1.165) is 12.8 Å². The molecule has 4 N–H and O–H groups in total. The van der Waals surface area contributed by atoms with Gasteiger partial charge in [0.1, 0.15) is 5.82 Å². The fraction of sp³-hybridized carbons (Fsp3) is 0.435. The van der Waals surface area contributed by atoms with Crippen LogP contribution in [0.2, 0.25) is 0 Å². The summed E-state index contributed by atoms with van der Waals surface area (Å²) >= 11 is 0. The second kappa shape index (κ2) is 12.2. The highest BCUT2D eigenvalue weighted by molar-refractivity contribution is 5.96. The molecule has 198 valence electrons. The van der Waals surface area contributed by atoms with Crippen molar-refractivity contribution in [3.8, 4) is 11.3 Å². The van der Waals surface area contributed by atoms with Gasteiger partial charge in [-0.2, -0.15) is 26.3 Å². The number of rotatable bonds is 7. The minimum atomic E-state index is -4.35. The number of nitrogens with one attached hydrogen (secondary N) is 2. The molecular weight excluding hydrogens is 497 g/mol. The lowest BCUT2D eigenvalue weighted by Gasteiger charge is -2.11. The maximum absolute atomic E-state index is 14.3. The molecule has 2 amide bonds. The van der Waals surface area contributed by atoms with Crippen molar-refractivity contribution in [2.24, 2.45) is 5.73 Å². The number of nitrogens with two attached hydrogens (primary N) is 1. The van der Waals surface area contributed by atoms with Crippen LogP contribution in [0.4, 0.5) is 30.7 Å². The summed E-state index contributed by atoms with van der Waals surface area (Å²) in [6, 6.07) is 5.67. The molecule has 0 radical (unpaired) electrons. The normalized spacial score (nSPS) is 13.5. The van der Waals surface area contributed by atoms with E-state index in [0.29, 0.717) is 16.8 Å². The van der Waals surface area contributed by atoms with Gasteiger partial charge < -0.3 is 16.4 Å². The molecule has 0 aliphatic heterocycles. The van der Waals surface area contributed by atoms with Crippen molar-refractivity contribution in [2.75, 3.05) is 13.1 Å². The standard InChI is InChI=1S/C20H19F4N3O2.C3H6F3N/c1-11-15(8-13(9-16(11)21)19(29)27-14-3-4-14)17-5-2-12(10-26-17)18(28)25-7-6-20(22,23)24;4-3(5,6)1-2-7/h2,5,8-10,14H,3-4,6-7H2,1H3,(H,25,28)(H,27,29);1-2,7H2. The van der Waals surface area contributed by atoms with E-state index in [9.17, 15) is 40.3 Å². The Labute approximate surface area is 202 Å². The zero-order chi connectivity index (χ0) is 27.1. The van der Waals surface area contributed by atoms with Crippen LogP contribution in [0.5, 0.6) is 0 Å². The van der Waals surface area contributed by atoms with Gasteiger partial charge in [0.2, 0.25) is 0 Å². The van der Waals surface area contributed by atoms with E-state index < -0.39 is 43.5 Å². The molecule has 0 bridgehead atoms. The molecule has 36 heavy (non-hydrogen) atoms. The van der Waals surface area contributed by atoms with Crippen LogP contribution in [0.3, 0.4) is 0 Å². The summed E-state index contributed by atoms with van der Waals surface area (Å²) in [6.07, 6.45) is -7.43. The van der Waals surface area contributed by atoms with E-state index in [1.165, 1.54) is 30.5 Å². The number of amides is 2. The van der Waals surface area contributed by atoms with Crippen LogP contribution in [-0.2, 0) is 0 Å². The van der Waals surface area contributed by atoms with Gasteiger partial charge in [0, 0.05) is 36.5 Å². The number of alkyl halides is 6. The van der Waals surface area contributed by atoms with E-state index in [1.54, 1.807) is 6.92 Å². The number of carbonyl (C=O) groups excluding carboxylic acids is 2. The lowest BCUT2D eigenvalue weighted by molar-refractivity contribution is -0.133. The minimum Gasteiger partial charge on any atom is -0.352 e. The summed E-state index contributed by atoms with van der Waals surface area (Å²) in [4.78, 5) is 28.3. The van der Waals surface area contributed by atoms with Gasteiger partial charge in [-0.15, -0.1) is 0 Å². The van der Waals surface area contributed by atoms with E-state index >= 15 is 0 Å². The van der Waals surface area contributed by atoms with Crippen LogP contribution in [0.1, 0.15) is 52.0 Å². The predicted octanol–water partition coefficient (Wildman–Crippen LogP) is 4.67. The average Bonchev–Trinajstić information content (AvgIpc) is 3.58. The fourth-order valence-electron chi connectivity index (χ4n) is 2.84. The smallest absolute Gasteiger partial charge is 0.352 e. The van der Waals surface area contributed by atoms with Crippen LogP contribution < -0.4 is 16.4 Å². The van der Waals surface area contributed by atoms with Gasteiger partial charge in [0.05, 0.1) is 24.1 Å². The first kappa shape index (κ1) is 29.0. The Morgan fingerprint density at radius 2 is 1.64 bits per heavy atom. The summed E-state index contributed by atoms with van der Waals surface area (Å²) in [6.45, 7) is 0.697. The Morgan fingerprint density at radius 3 is 2.11 bits per heavy atom. The predicted molar refractivity (Wildman–Crippen MR) is 118 cm³/mol. The molecule has 1 heterocycles. The highest BCUT2D eigenvalue weighted by atomic mass is 19.4. The van der Waals surface area contributed by atoms with Crippen molar-refractivity contribution in [1.29, 1.82) is 0 Å². The molecule has 1 aromatic carbocycles. The number of carbonyl (C=O) groups is 2. The first-order chi connectivity index (χ1) is 16.7. The van der Waals surface area contributed by atoms with Crippen molar-refractivity contribution in [3.63, 3.8) is 0 Å². The molecule has 1 aliphatic rings. The van der Waals surface area contributed by atoms with Crippen molar-refractivity contribution in [1.82, 2.24) is 15.6 Å². The Hall–Kier alpha value is -3.22. The first-order valence-corrected chi connectivity index (χ1v) is 10.9. The molecule has 0 saturated heterocycles. The van der Waals surface area contributed by atoms with E-state index in [2.05, 4.69) is 21.4 Å². The number of nitrogens with zero attached hydrogens (tertiary/aromatic N) is 1. The minimum absolute atomic E-state index is 0.0803. The molecule has 3 rings (SSSR count). The van der Waals surface area contributed by atoms with Crippen LogP contribution in [-0.4, -0.2) is 48.3 Å². The topological polar surface area (TPSA) is 97.1 Å². The molecule has 13 heteroatoms. The Kier molecular flexibility index (Phi) is 9.79. The number of benzene rings is 1. The second-order valence-electron chi connectivity index (χ2n) is 8.09.